The second kappa shape index (κ2) is 8.34. The minimum Gasteiger partial charge on any atom is -0.465 e. The summed E-state index contributed by atoms with van der Waals surface area (Å²) >= 11 is 0. The molecule has 4 aromatic rings. The molecule has 1 fully saturated rings. The fourth-order valence-corrected chi connectivity index (χ4v) is 5.14. The van der Waals surface area contributed by atoms with Crippen LogP contribution < -0.4 is 0 Å². The number of H-pyrrole nitrogens is 1. The van der Waals surface area contributed by atoms with E-state index in [1.807, 2.05) is 18.3 Å². The molecule has 1 saturated carbocycles. The highest BCUT2D eigenvalue weighted by Gasteiger charge is 2.29. The molecule has 0 bridgehead atoms. The van der Waals surface area contributed by atoms with Crippen LogP contribution in [0.2, 0.25) is 0 Å². The number of imidazole rings is 1. The summed E-state index contributed by atoms with van der Waals surface area (Å²) in [6.45, 7) is 2.22. The fourth-order valence-electron chi connectivity index (χ4n) is 5.14. The lowest BCUT2D eigenvalue weighted by molar-refractivity contribution is 0.0601. The Morgan fingerprint density at radius 1 is 1.09 bits per heavy atom. The second-order valence-corrected chi connectivity index (χ2v) is 8.81. The van der Waals surface area contributed by atoms with Crippen molar-refractivity contribution in [3.8, 4) is 0 Å². The average Bonchev–Trinajstić information content (AvgIpc) is 3.26. The van der Waals surface area contributed by atoms with Crippen molar-refractivity contribution in [1.82, 2.24) is 15.0 Å². The summed E-state index contributed by atoms with van der Waals surface area (Å²) in [5, 5.41) is 0.933. The summed E-state index contributed by atoms with van der Waals surface area (Å²) in [6.07, 6.45) is 6.15. The molecule has 0 radical (unpaired) electrons. The lowest BCUT2D eigenvalue weighted by atomic mass is 9.73. The molecule has 1 atom stereocenters. The third-order valence-corrected chi connectivity index (χ3v) is 7.01. The highest BCUT2D eigenvalue weighted by atomic mass is 19.1. The quantitative estimate of drug-likeness (QED) is 0.396. The number of halogens is 1. The topological polar surface area (TPSA) is 67.9 Å². The fraction of sp³-hybridized carbons (Fsp3) is 0.346. The van der Waals surface area contributed by atoms with Crippen molar-refractivity contribution in [2.24, 2.45) is 5.92 Å². The normalized spacial score (nSPS) is 19.8. The van der Waals surface area contributed by atoms with Gasteiger partial charge < -0.3 is 9.72 Å². The van der Waals surface area contributed by atoms with Crippen molar-refractivity contribution in [2.45, 2.75) is 44.4 Å². The number of carbonyl (C=O) groups excluding carboxylic acids is 1. The number of aromatic amines is 1. The third kappa shape index (κ3) is 3.74. The highest BCUT2D eigenvalue weighted by Crippen LogP contribution is 2.43. The first-order valence-corrected chi connectivity index (χ1v) is 11.2. The molecule has 32 heavy (non-hydrogen) atoms. The highest BCUT2D eigenvalue weighted by molar-refractivity contribution is 5.93. The summed E-state index contributed by atoms with van der Waals surface area (Å²) < 4.78 is 18.7. The molecular formula is C26H26FN3O2. The molecule has 0 saturated heterocycles. The van der Waals surface area contributed by atoms with Crippen molar-refractivity contribution < 1.29 is 13.9 Å². The van der Waals surface area contributed by atoms with Crippen LogP contribution in [-0.2, 0) is 4.74 Å². The summed E-state index contributed by atoms with van der Waals surface area (Å²) in [4.78, 5) is 24.4. The lowest BCUT2D eigenvalue weighted by Gasteiger charge is -2.32. The number of carbonyl (C=O) groups is 1. The van der Waals surface area contributed by atoms with Gasteiger partial charge in [0.1, 0.15) is 11.6 Å². The van der Waals surface area contributed by atoms with Gasteiger partial charge in [0.05, 0.1) is 29.2 Å². The zero-order chi connectivity index (χ0) is 22.2. The Bertz CT molecular complexity index is 1290. The first-order valence-electron chi connectivity index (χ1n) is 11.2. The van der Waals surface area contributed by atoms with Crippen molar-refractivity contribution in [2.75, 3.05) is 7.11 Å². The van der Waals surface area contributed by atoms with Gasteiger partial charge >= 0.3 is 5.97 Å². The van der Waals surface area contributed by atoms with Gasteiger partial charge in [0.25, 0.3) is 0 Å². The van der Waals surface area contributed by atoms with Crippen LogP contribution in [0.3, 0.4) is 0 Å². The van der Waals surface area contributed by atoms with Crippen LogP contribution in [0.1, 0.15) is 66.2 Å². The van der Waals surface area contributed by atoms with Crippen LogP contribution in [0.15, 0.2) is 48.7 Å². The smallest absolute Gasteiger partial charge is 0.337 e. The first-order chi connectivity index (χ1) is 15.5. The molecule has 2 aromatic heterocycles. The van der Waals surface area contributed by atoms with Crippen molar-refractivity contribution in [3.63, 3.8) is 0 Å². The number of ether oxygens (including phenoxy) is 1. The molecule has 1 aliphatic rings. The number of pyridine rings is 1. The van der Waals surface area contributed by atoms with E-state index >= 15 is 0 Å². The molecule has 0 amide bonds. The van der Waals surface area contributed by atoms with Crippen LogP contribution >= 0.6 is 0 Å². The van der Waals surface area contributed by atoms with Gasteiger partial charge in [-0.15, -0.1) is 0 Å². The van der Waals surface area contributed by atoms with Gasteiger partial charge in [0, 0.05) is 17.5 Å². The molecule has 164 valence electrons. The van der Waals surface area contributed by atoms with E-state index in [9.17, 15) is 9.18 Å². The van der Waals surface area contributed by atoms with E-state index in [4.69, 9.17) is 9.72 Å². The number of aromatic nitrogens is 3. The lowest BCUT2D eigenvalue weighted by Crippen LogP contribution is -2.19. The molecule has 5 nitrogen and oxygen atoms in total. The van der Waals surface area contributed by atoms with Gasteiger partial charge in [-0.25, -0.2) is 14.2 Å². The van der Waals surface area contributed by atoms with Crippen molar-refractivity contribution >= 4 is 27.9 Å². The number of benzene rings is 2. The number of hydrogen-bond acceptors (Lipinski definition) is 4. The molecular weight excluding hydrogens is 405 g/mol. The summed E-state index contributed by atoms with van der Waals surface area (Å²) in [5.41, 5.74) is 4.28. The predicted octanol–water partition coefficient (Wildman–Crippen LogP) is 6.11. The van der Waals surface area contributed by atoms with Gasteiger partial charge in [0.2, 0.25) is 0 Å². The van der Waals surface area contributed by atoms with E-state index in [2.05, 4.69) is 16.9 Å². The van der Waals surface area contributed by atoms with E-state index in [0.717, 1.165) is 53.4 Å². The molecule has 2 heterocycles. The minimum absolute atomic E-state index is 0.214. The Morgan fingerprint density at radius 2 is 1.91 bits per heavy atom. The number of esters is 1. The van der Waals surface area contributed by atoms with Crippen LogP contribution in [0.4, 0.5) is 4.39 Å². The molecule has 0 spiro atoms. The van der Waals surface area contributed by atoms with Crippen molar-refractivity contribution in [1.29, 1.82) is 0 Å². The average molecular weight is 432 g/mol. The number of fused-ring (bicyclic) bond motifs is 2. The van der Waals surface area contributed by atoms with E-state index < -0.39 is 0 Å². The minimum atomic E-state index is -0.355. The number of nitrogens with zero attached hydrogens (tertiary/aromatic N) is 2. The monoisotopic (exact) mass is 431 g/mol. The maximum atomic E-state index is 13.9. The SMILES string of the molecule is COC(=O)c1ccc2[nH]c(C(C)[C@H]3CC[C@@H](c4ccnc5ccc(F)cc54)CC3)nc2c1. The van der Waals surface area contributed by atoms with Gasteiger partial charge in [-0.3, -0.25) is 4.98 Å². The number of methoxy groups -OCH3 is 1. The van der Waals surface area contributed by atoms with Gasteiger partial charge in [-0.05, 0) is 85.5 Å². The summed E-state index contributed by atoms with van der Waals surface area (Å²) in [6, 6.07) is 12.3. The Hall–Kier alpha value is -3.28. The van der Waals surface area contributed by atoms with Gasteiger partial charge in [-0.1, -0.05) is 6.92 Å². The number of rotatable bonds is 4. The van der Waals surface area contributed by atoms with Crippen LogP contribution in [0.25, 0.3) is 21.9 Å². The Labute approximate surface area is 186 Å². The molecule has 5 rings (SSSR count). The first kappa shape index (κ1) is 20.6. The Morgan fingerprint density at radius 3 is 2.69 bits per heavy atom. The second-order valence-electron chi connectivity index (χ2n) is 8.81. The molecule has 2 aromatic carbocycles. The molecule has 6 heteroatoms. The number of hydrogen-bond donors (Lipinski definition) is 1. The van der Waals surface area contributed by atoms with E-state index in [-0.39, 0.29) is 17.7 Å². The van der Waals surface area contributed by atoms with Crippen molar-refractivity contribution in [3.05, 3.63) is 71.4 Å². The molecule has 1 aliphatic carbocycles. The molecule has 1 unspecified atom stereocenters. The van der Waals surface area contributed by atoms with E-state index in [1.165, 1.54) is 18.7 Å². The largest absolute Gasteiger partial charge is 0.465 e. The number of nitrogens with one attached hydrogen (secondary N) is 1. The summed E-state index contributed by atoms with van der Waals surface area (Å²) in [7, 11) is 1.38. The maximum Gasteiger partial charge on any atom is 0.337 e. The maximum absolute atomic E-state index is 13.9. The standard InChI is InChI=1S/C26H26FN3O2/c1-15(25-29-23-9-7-18(26(31)32-2)13-24(23)30-25)16-3-5-17(6-4-16)20-11-12-28-22-10-8-19(27)14-21(20)22/h7-17H,3-6H2,1-2H3,(H,29,30)/t15?,16-,17+. The van der Waals surface area contributed by atoms with Crippen LogP contribution in [0.5, 0.6) is 0 Å². The van der Waals surface area contributed by atoms with E-state index in [0.29, 0.717) is 17.4 Å². The van der Waals surface area contributed by atoms with Gasteiger partial charge in [-0.2, -0.15) is 0 Å². The van der Waals surface area contributed by atoms with Crippen LogP contribution in [-0.4, -0.2) is 28.0 Å². The Kier molecular flexibility index (Phi) is 5.37. The molecule has 1 N–H and O–H groups in total. The third-order valence-electron chi connectivity index (χ3n) is 7.01. The predicted molar refractivity (Wildman–Crippen MR) is 122 cm³/mol. The summed E-state index contributed by atoms with van der Waals surface area (Å²) in [5.74, 6) is 1.62. The zero-order valence-electron chi connectivity index (χ0n) is 18.3. The van der Waals surface area contributed by atoms with Gasteiger partial charge in [0.15, 0.2) is 0 Å². The molecule has 0 aliphatic heterocycles. The zero-order valence-corrected chi connectivity index (χ0v) is 18.3. The Balaban J connectivity index is 1.32. The van der Waals surface area contributed by atoms with E-state index in [1.54, 1.807) is 24.3 Å². The van der Waals surface area contributed by atoms with Crippen LogP contribution in [0, 0.1) is 11.7 Å².